The van der Waals surface area contributed by atoms with Crippen molar-refractivity contribution in [2.24, 2.45) is 0 Å². The first-order valence-electron chi connectivity index (χ1n) is 7.61. The molecule has 0 saturated heterocycles. The fourth-order valence-electron chi connectivity index (χ4n) is 2.76. The first-order chi connectivity index (χ1) is 10.2. The Bertz CT molecular complexity index is 562. The van der Waals surface area contributed by atoms with E-state index >= 15 is 0 Å². The number of hydrogen-bond donors (Lipinski definition) is 2. The van der Waals surface area contributed by atoms with Gasteiger partial charge in [0.2, 0.25) is 5.88 Å². The van der Waals surface area contributed by atoms with Gasteiger partial charge in [-0.2, -0.15) is 0 Å². The van der Waals surface area contributed by atoms with Crippen molar-refractivity contribution in [1.29, 1.82) is 0 Å². The SMILES string of the molecule is CCCN(CCC)CC(O)c1c[nH]c2ccnc(OC)c12. The van der Waals surface area contributed by atoms with Crippen LogP contribution in [0.3, 0.4) is 0 Å². The number of aliphatic hydroxyl groups is 1. The molecular formula is C16H25N3O2. The van der Waals surface area contributed by atoms with Gasteiger partial charge in [-0.25, -0.2) is 4.98 Å². The lowest BCUT2D eigenvalue weighted by atomic mass is 10.1. The summed E-state index contributed by atoms with van der Waals surface area (Å²) in [5.41, 5.74) is 1.79. The molecule has 0 amide bonds. The number of nitrogens with one attached hydrogen (secondary N) is 1. The Morgan fingerprint density at radius 3 is 2.67 bits per heavy atom. The molecule has 2 aromatic rings. The molecule has 5 nitrogen and oxygen atoms in total. The zero-order valence-electron chi connectivity index (χ0n) is 13.1. The van der Waals surface area contributed by atoms with Gasteiger partial charge in [-0.1, -0.05) is 13.8 Å². The highest BCUT2D eigenvalue weighted by Gasteiger charge is 2.19. The van der Waals surface area contributed by atoms with Crippen molar-refractivity contribution in [2.75, 3.05) is 26.7 Å². The van der Waals surface area contributed by atoms with Gasteiger partial charge in [0.25, 0.3) is 0 Å². The molecule has 1 unspecified atom stereocenters. The number of aliphatic hydroxyl groups excluding tert-OH is 1. The van der Waals surface area contributed by atoms with Crippen molar-refractivity contribution in [1.82, 2.24) is 14.9 Å². The third kappa shape index (κ3) is 3.54. The van der Waals surface area contributed by atoms with Crippen LogP contribution in [-0.2, 0) is 0 Å². The molecular weight excluding hydrogens is 266 g/mol. The van der Waals surface area contributed by atoms with Gasteiger partial charge in [-0.15, -0.1) is 0 Å². The number of rotatable bonds is 8. The van der Waals surface area contributed by atoms with Gasteiger partial charge < -0.3 is 19.7 Å². The number of fused-ring (bicyclic) bond motifs is 1. The van der Waals surface area contributed by atoms with Gasteiger partial charge in [0.1, 0.15) is 0 Å². The average Bonchev–Trinajstić information content (AvgIpc) is 2.91. The van der Waals surface area contributed by atoms with E-state index in [-0.39, 0.29) is 0 Å². The van der Waals surface area contributed by atoms with Gasteiger partial charge in [0.15, 0.2) is 0 Å². The predicted octanol–water partition coefficient (Wildman–Crippen LogP) is 2.73. The molecule has 0 aliphatic rings. The lowest BCUT2D eigenvalue weighted by molar-refractivity contribution is 0.114. The summed E-state index contributed by atoms with van der Waals surface area (Å²) in [5.74, 6) is 0.556. The van der Waals surface area contributed by atoms with Gasteiger partial charge in [-0.05, 0) is 32.0 Å². The van der Waals surface area contributed by atoms with Crippen molar-refractivity contribution in [3.8, 4) is 5.88 Å². The van der Waals surface area contributed by atoms with E-state index in [9.17, 15) is 5.11 Å². The van der Waals surface area contributed by atoms with E-state index in [2.05, 4.69) is 28.7 Å². The molecule has 0 bridgehead atoms. The average molecular weight is 291 g/mol. The van der Waals surface area contributed by atoms with Crippen LogP contribution in [0.15, 0.2) is 18.5 Å². The standard InChI is InChI=1S/C16H25N3O2/c1-4-8-19(9-5-2)11-14(20)12-10-18-13-6-7-17-16(21-3)15(12)13/h6-7,10,14,18,20H,4-5,8-9,11H2,1-3H3. The maximum absolute atomic E-state index is 10.6. The number of pyridine rings is 1. The lowest BCUT2D eigenvalue weighted by Crippen LogP contribution is -2.30. The number of aromatic nitrogens is 2. The molecule has 0 radical (unpaired) electrons. The highest BCUT2D eigenvalue weighted by Crippen LogP contribution is 2.30. The van der Waals surface area contributed by atoms with Crippen LogP contribution in [0.1, 0.15) is 38.4 Å². The van der Waals surface area contributed by atoms with Crippen LogP contribution in [-0.4, -0.2) is 46.7 Å². The minimum absolute atomic E-state index is 0.546. The Kier molecular flexibility index (Phi) is 5.59. The zero-order valence-corrected chi connectivity index (χ0v) is 13.1. The van der Waals surface area contributed by atoms with Gasteiger partial charge in [0, 0.05) is 24.5 Å². The summed E-state index contributed by atoms with van der Waals surface area (Å²) in [6, 6.07) is 1.89. The molecule has 0 fully saturated rings. The third-order valence-corrected chi connectivity index (χ3v) is 3.65. The minimum Gasteiger partial charge on any atom is -0.480 e. The second kappa shape index (κ2) is 7.43. The van der Waals surface area contributed by atoms with E-state index < -0.39 is 6.10 Å². The largest absolute Gasteiger partial charge is 0.480 e. The van der Waals surface area contributed by atoms with Gasteiger partial charge >= 0.3 is 0 Å². The van der Waals surface area contributed by atoms with Crippen LogP contribution in [0.25, 0.3) is 10.9 Å². The van der Waals surface area contributed by atoms with Crippen LogP contribution in [0.2, 0.25) is 0 Å². The molecule has 0 spiro atoms. The van der Waals surface area contributed by atoms with Crippen LogP contribution < -0.4 is 4.74 Å². The Morgan fingerprint density at radius 1 is 1.33 bits per heavy atom. The smallest absolute Gasteiger partial charge is 0.222 e. The Balaban J connectivity index is 2.24. The molecule has 1 atom stereocenters. The summed E-state index contributed by atoms with van der Waals surface area (Å²) in [7, 11) is 1.60. The van der Waals surface area contributed by atoms with Crippen molar-refractivity contribution >= 4 is 10.9 Å². The molecule has 0 aliphatic heterocycles. The molecule has 116 valence electrons. The van der Waals surface area contributed by atoms with Crippen molar-refractivity contribution < 1.29 is 9.84 Å². The fourth-order valence-corrected chi connectivity index (χ4v) is 2.76. The maximum atomic E-state index is 10.6. The van der Waals surface area contributed by atoms with E-state index in [1.165, 1.54) is 0 Å². The van der Waals surface area contributed by atoms with E-state index in [1.807, 2.05) is 12.3 Å². The summed E-state index contributed by atoms with van der Waals surface area (Å²) >= 11 is 0. The zero-order chi connectivity index (χ0) is 15.2. The topological polar surface area (TPSA) is 61.4 Å². The maximum Gasteiger partial charge on any atom is 0.222 e. The highest BCUT2D eigenvalue weighted by molar-refractivity contribution is 5.88. The molecule has 2 rings (SSSR count). The normalized spacial score (nSPS) is 13.0. The van der Waals surface area contributed by atoms with E-state index in [4.69, 9.17) is 4.74 Å². The summed E-state index contributed by atoms with van der Waals surface area (Å²) < 4.78 is 5.32. The molecule has 0 aromatic carbocycles. The first kappa shape index (κ1) is 15.8. The first-order valence-corrected chi connectivity index (χ1v) is 7.61. The van der Waals surface area contributed by atoms with Crippen LogP contribution in [0.5, 0.6) is 5.88 Å². The summed E-state index contributed by atoms with van der Waals surface area (Å²) in [5, 5.41) is 11.5. The number of nitrogens with zero attached hydrogens (tertiary/aromatic N) is 2. The Morgan fingerprint density at radius 2 is 2.05 bits per heavy atom. The molecule has 2 N–H and O–H groups in total. The van der Waals surface area contributed by atoms with Gasteiger partial charge in [-0.3, -0.25) is 0 Å². The fraction of sp³-hybridized carbons (Fsp3) is 0.562. The lowest BCUT2D eigenvalue weighted by Gasteiger charge is -2.24. The number of ether oxygens (including phenoxy) is 1. The van der Waals surface area contributed by atoms with E-state index in [0.29, 0.717) is 12.4 Å². The predicted molar refractivity (Wildman–Crippen MR) is 84.6 cm³/mol. The molecule has 0 saturated carbocycles. The number of hydrogen-bond acceptors (Lipinski definition) is 4. The molecule has 5 heteroatoms. The minimum atomic E-state index is -0.546. The molecule has 0 aliphatic carbocycles. The number of methoxy groups -OCH3 is 1. The highest BCUT2D eigenvalue weighted by atomic mass is 16.5. The summed E-state index contributed by atoms with van der Waals surface area (Å²) in [6.45, 7) is 6.96. The summed E-state index contributed by atoms with van der Waals surface area (Å²) in [6.07, 6.45) is 5.19. The van der Waals surface area contributed by atoms with Crippen LogP contribution >= 0.6 is 0 Å². The van der Waals surface area contributed by atoms with E-state index in [1.54, 1.807) is 13.3 Å². The van der Waals surface area contributed by atoms with Crippen LogP contribution in [0, 0.1) is 0 Å². The van der Waals surface area contributed by atoms with Gasteiger partial charge in [0.05, 0.1) is 24.1 Å². The Labute approximate surface area is 125 Å². The number of H-pyrrole nitrogens is 1. The second-order valence-corrected chi connectivity index (χ2v) is 5.30. The van der Waals surface area contributed by atoms with E-state index in [0.717, 1.165) is 42.4 Å². The van der Waals surface area contributed by atoms with Crippen molar-refractivity contribution in [3.05, 3.63) is 24.0 Å². The van der Waals surface area contributed by atoms with Crippen LogP contribution in [0.4, 0.5) is 0 Å². The second-order valence-electron chi connectivity index (χ2n) is 5.30. The molecule has 2 heterocycles. The quantitative estimate of drug-likeness (QED) is 0.785. The third-order valence-electron chi connectivity index (χ3n) is 3.65. The monoisotopic (exact) mass is 291 g/mol. The van der Waals surface area contributed by atoms with Crippen molar-refractivity contribution in [2.45, 2.75) is 32.8 Å². The number of aromatic amines is 1. The summed E-state index contributed by atoms with van der Waals surface area (Å²) in [4.78, 5) is 9.71. The van der Waals surface area contributed by atoms with Crippen molar-refractivity contribution in [3.63, 3.8) is 0 Å². The Hall–Kier alpha value is -1.59. The molecule has 2 aromatic heterocycles. The molecule has 21 heavy (non-hydrogen) atoms.